The van der Waals surface area contributed by atoms with Gasteiger partial charge in [0.2, 0.25) is 0 Å². The van der Waals surface area contributed by atoms with Crippen LogP contribution in [0.3, 0.4) is 0 Å². The van der Waals surface area contributed by atoms with Gasteiger partial charge < -0.3 is 0 Å². The van der Waals surface area contributed by atoms with E-state index >= 15 is 0 Å². The molecular formula is C32H20N8. The smallest absolute Gasteiger partial charge is 0.184 e. The Balaban J connectivity index is 1.64. The van der Waals surface area contributed by atoms with Crippen LogP contribution in [0.25, 0.3) is 21.5 Å². The lowest BCUT2D eigenvalue weighted by atomic mass is 10.1. The Kier molecular flexibility index (Phi) is 5.16. The Bertz CT molecular complexity index is 1930. The van der Waals surface area contributed by atoms with E-state index in [9.17, 15) is 10.5 Å². The lowest BCUT2D eigenvalue weighted by Gasteiger charge is -2.37. The van der Waals surface area contributed by atoms with E-state index in [1.54, 1.807) is 0 Å². The summed E-state index contributed by atoms with van der Waals surface area (Å²) in [5.74, 6) is 1.90. The molecule has 0 unspecified atom stereocenters. The number of hydrogen-bond acceptors (Lipinski definition) is 8. The molecule has 7 rings (SSSR count). The van der Waals surface area contributed by atoms with E-state index in [0.717, 1.165) is 44.3 Å². The van der Waals surface area contributed by atoms with Gasteiger partial charge >= 0.3 is 0 Å². The van der Waals surface area contributed by atoms with Crippen molar-refractivity contribution in [1.82, 2.24) is 19.9 Å². The molecule has 1 aliphatic heterocycles. The van der Waals surface area contributed by atoms with Gasteiger partial charge in [0, 0.05) is 10.8 Å². The molecule has 1 aliphatic rings. The molecule has 2 aromatic heterocycles. The van der Waals surface area contributed by atoms with E-state index in [2.05, 4.69) is 12.1 Å². The third-order valence-electron chi connectivity index (χ3n) is 7.20. The molecule has 40 heavy (non-hydrogen) atoms. The highest BCUT2D eigenvalue weighted by Gasteiger charge is 2.38. The van der Waals surface area contributed by atoms with E-state index in [0.29, 0.717) is 23.3 Å². The zero-order chi connectivity index (χ0) is 27.4. The van der Waals surface area contributed by atoms with Crippen molar-refractivity contribution in [1.29, 1.82) is 10.5 Å². The third kappa shape index (κ3) is 3.37. The number of benzene rings is 4. The van der Waals surface area contributed by atoms with E-state index in [1.165, 1.54) is 0 Å². The molecule has 6 aromatic rings. The molecule has 0 bridgehead atoms. The highest BCUT2D eigenvalue weighted by atomic mass is 15.4. The monoisotopic (exact) mass is 516 g/mol. The fourth-order valence-electron chi connectivity index (χ4n) is 5.22. The average Bonchev–Trinajstić information content (AvgIpc) is 2.99. The molecule has 0 amide bonds. The summed E-state index contributed by atoms with van der Waals surface area (Å²) in [7, 11) is 0. The van der Waals surface area contributed by atoms with Crippen LogP contribution in [0, 0.1) is 36.5 Å². The fourth-order valence-corrected chi connectivity index (χ4v) is 5.22. The number of anilines is 6. The van der Waals surface area contributed by atoms with Crippen molar-refractivity contribution in [3.63, 3.8) is 0 Å². The lowest BCUT2D eigenvalue weighted by Crippen LogP contribution is -2.29. The second-order valence-electron chi connectivity index (χ2n) is 9.50. The number of aryl methyl sites for hydroxylation is 2. The Morgan fingerprint density at radius 3 is 1.30 bits per heavy atom. The van der Waals surface area contributed by atoms with Gasteiger partial charge in [0.15, 0.2) is 34.7 Å². The van der Waals surface area contributed by atoms with Gasteiger partial charge in [-0.05, 0) is 36.8 Å². The topological polar surface area (TPSA) is 106 Å². The van der Waals surface area contributed by atoms with E-state index < -0.39 is 0 Å². The Morgan fingerprint density at radius 2 is 0.875 bits per heavy atom. The zero-order valence-corrected chi connectivity index (χ0v) is 21.7. The van der Waals surface area contributed by atoms with Gasteiger partial charge in [0.05, 0.1) is 22.8 Å². The Morgan fingerprint density at radius 1 is 0.500 bits per heavy atom. The first-order valence-electron chi connectivity index (χ1n) is 12.7. The maximum Gasteiger partial charge on any atom is 0.184 e. The first-order valence-corrected chi connectivity index (χ1v) is 12.7. The van der Waals surface area contributed by atoms with Gasteiger partial charge in [0.25, 0.3) is 0 Å². The van der Waals surface area contributed by atoms with E-state index in [4.69, 9.17) is 19.9 Å². The first kappa shape index (κ1) is 23.3. The molecule has 8 heteroatoms. The maximum atomic E-state index is 9.92. The summed E-state index contributed by atoms with van der Waals surface area (Å²) in [5.41, 5.74) is 3.08. The van der Waals surface area contributed by atoms with Crippen LogP contribution in [0.5, 0.6) is 0 Å². The number of rotatable bonds is 2. The van der Waals surface area contributed by atoms with Crippen molar-refractivity contribution in [2.75, 3.05) is 9.80 Å². The number of hydrogen-bond donors (Lipinski definition) is 0. The molecule has 4 aromatic carbocycles. The molecule has 0 radical (unpaired) electrons. The minimum atomic E-state index is -0.0513. The molecule has 0 saturated heterocycles. The molecule has 8 nitrogen and oxygen atoms in total. The molecule has 0 N–H and O–H groups in total. The summed E-state index contributed by atoms with van der Waals surface area (Å²) in [6.07, 6.45) is 0. The van der Waals surface area contributed by atoms with Gasteiger partial charge in [-0.25, -0.2) is 19.9 Å². The summed E-state index contributed by atoms with van der Waals surface area (Å²) < 4.78 is 0. The second kappa shape index (κ2) is 8.87. The van der Waals surface area contributed by atoms with Crippen LogP contribution >= 0.6 is 0 Å². The summed E-state index contributed by atoms with van der Waals surface area (Å²) >= 11 is 0. The first-order chi connectivity index (χ1) is 19.6. The van der Waals surface area contributed by atoms with E-state index in [-0.39, 0.29) is 11.4 Å². The summed E-state index contributed by atoms with van der Waals surface area (Å²) in [6, 6.07) is 32.3. The van der Waals surface area contributed by atoms with Crippen LogP contribution in [-0.4, -0.2) is 19.9 Å². The van der Waals surface area contributed by atoms with Gasteiger partial charge in [-0.1, -0.05) is 72.8 Å². The van der Waals surface area contributed by atoms with Crippen molar-refractivity contribution in [2.45, 2.75) is 13.8 Å². The minimum Gasteiger partial charge on any atom is -0.272 e. The van der Waals surface area contributed by atoms with Gasteiger partial charge in [0.1, 0.15) is 12.1 Å². The fraction of sp³-hybridized carbons (Fsp3) is 0.0625. The van der Waals surface area contributed by atoms with Gasteiger partial charge in [-0.3, -0.25) is 9.80 Å². The Labute approximate surface area is 230 Å². The third-order valence-corrected chi connectivity index (χ3v) is 7.20. The van der Waals surface area contributed by atoms with Crippen molar-refractivity contribution >= 4 is 56.2 Å². The van der Waals surface area contributed by atoms with E-state index in [1.807, 2.05) is 109 Å². The van der Waals surface area contributed by atoms with Crippen LogP contribution in [0.2, 0.25) is 0 Å². The van der Waals surface area contributed by atoms with Crippen molar-refractivity contribution < 1.29 is 0 Å². The largest absolute Gasteiger partial charge is 0.272 e. The number of fused-ring (bicyclic) bond motifs is 4. The van der Waals surface area contributed by atoms with Gasteiger partial charge in [-0.2, -0.15) is 10.5 Å². The van der Waals surface area contributed by atoms with Crippen molar-refractivity contribution in [2.24, 2.45) is 0 Å². The maximum absolute atomic E-state index is 9.92. The van der Waals surface area contributed by atoms with Gasteiger partial charge in [-0.15, -0.1) is 0 Å². The predicted octanol–water partition coefficient (Wildman–Crippen LogP) is 7.19. The molecular weight excluding hydrogens is 496 g/mol. The highest BCUT2D eigenvalue weighted by Crippen LogP contribution is 2.53. The minimum absolute atomic E-state index is 0.0513. The normalized spacial score (nSPS) is 12.1. The number of aromatic nitrogens is 4. The highest BCUT2D eigenvalue weighted by molar-refractivity contribution is 6.07. The molecule has 188 valence electrons. The van der Waals surface area contributed by atoms with Crippen molar-refractivity contribution in [3.8, 4) is 12.1 Å². The van der Waals surface area contributed by atoms with Crippen LogP contribution in [-0.2, 0) is 0 Å². The zero-order valence-electron chi connectivity index (χ0n) is 21.7. The molecule has 0 aliphatic carbocycles. The van der Waals surface area contributed by atoms with Crippen LogP contribution in [0.4, 0.5) is 34.6 Å². The summed E-state index contributed by atoms with van der Waals surface area (Å²) in [5, 5.41) is 23.9. The standard InChI is InChI=1S/C32H20N8/c1-19-20(2)36-30-29(35-19)39(27-15-7-11-21-9-3-5-13-23(21)27)31-32(38-26(18-34)25(17-33)37-31)40(30)28-16-8-12-22-10-4-6-14-24(22)28/h3-16H,1-2H3. The molecule has 0 fully saturated rings. The molecule has 0 saturated carbocycles. The van der Waals surface area contributed by atoms with Crippen LogP contribution in [0.1, 0.15) is 22.8 Å². The van der Waals surface area contributed by atoms with Crippen LogP contribution < -0.4 is 9.80 Å². The number of nitrogens with zero attached hydrogens (tertiary/aromatic N) is 8. The quantitative estimate of drug-likeness (QED) is 0.238. The average molecular weight is 517 g/mol. The lowest BCUT2D eigenvalue weighted by molar-refractivity contribution is 0.946. The van der Waals surface area contributed by atoms with Crippen molar-refractivity contribution in [3.05, 3.63) is 108 Å². The number of nitriles is 2. The predicted molar refractivity (Wildman–Crippen MR) is 154 cm³/mol. The molecule has 0 atom stereocenters. The second-order valence-corrected chi connectivity index (χ2v) is 9.50. The Hall–Kier alpha value is -5.86. The molecule has 0 spiro atoms. The summed E-state index contributed by atoms with van der Waals surface area (Å²) in [6.45, 7) is 3.85. The molecule has 3 heterocycles. The SMILES string of the molecule is Cc1nc2c(nc1C)N(c1cccc3ccccc13)c1nc(C#N)c(C#N)nc1N2c1cccc2ccccc12. The summed E-state index contributed by atoms with van der Waals surface area (Å²) in [4.78, 5) is 23.4. The van der Waals surface area contributed by atoms with Crippen LogP contribution in [0.15, 0.2) is 84.9 Å².